The first-order chi connectivity index (χ1) is 10.9. The van der Waals surface area contributed by atoms with Crippen LogP contribution in [0.4, 0.5) is 5.13 Å². The average Bonchev–Trinajstić information content (AvgIpc) is 2.87. The third-order valence-electron chi connectivity index (χ3n) is 2.74. The van der Waals surface area contributed by atoms with Crippen LogP contribution < -0.4 is 10.6 Å². The summed E-state index contributed by atoms with van der Waals surface area (Å²) in [5, 5.41) is 6.03. The third-order valence-corrected chi connectivity index (χ3v) is 4.16. The van der Waals surface area contributed by atoms with E-state index in [4.69, 9.17) is 23.8 Å². The summed E-state index contributed by atoms with van der Waals surface area (Å²) >= 11 is 12.2. The minimum atomic E-state index is -0.530. The molecular weight excluding hydrogens is 358 g/mol. The molecule has 0 unspecified atom stereocenters. The third kappa shape index (κ3) is 4.25. The number of halogens is 1. The van der Waals surface area contributed by atoms with Gasteiger partial charge in [-0.2, -0.15) is 0 Å². The second-order valence-electron chi connectivity index (χ2n) is 4.30. The highest BCUT2D eigenvalue weighted by atomic mass is 35.5. The number of carbonyl (C=O) groups excluding carboxylic acids is 2. The van der Waals surface area contributed by atoms with Crippen molar-refractivity contribution in [2.45, 2.75) is 6.92 Å². The number of benzene rings is 1. The summed E-state index contributed by atoms with van der Waals surface area (Å²) < 4.78 is 4.63. The topological polar surface area (TPSA) is 80.3 Å². The van der Waals surface area contributed by atoms with Crippen molar-refractivity contribution in [3.05, 3.63) is 45.4 Å². The summed E-state index contributed by atoms with van der Waals surface area (Å²) in [6, 6.07) is 6.62. The van der Waals surface area contributed by atoms with Gasteiger partial charge in [0.15, 0.2) is 15.9 Å². The van der Waals surface area contributed by atoms with Crippen LogP contribution in [0, 0.1) is 6.92 Å². The number of aryl methyl sites for hydroxylation is 1. The number of ether oxygens (including phenoxy) is 1. The fraction of sp³-hybridized carbons (Fsp3) is 0.143. The molecule has 0 saturated heterocycles. The molecule has 1 aromatic carbocycles. The highest BCUT2D eigenvalue weighted by molar-refractivity contribution is 7.80. The molecule has 0 saturated carbocycles. The maximum absolute atomic E-state index is 12.1. The van der Waals surface area contributed by atoms with Crippen molar-refractivity contribution in [3.8, 4) is 0 Å². The van der Waals surface area contributed by atoms with Gasteiger partial charge in [0, 0.05) is 4.88 Å². The molecule has 0 bridgehead atoms. The Morgan fingerprint density at radius 3 is 2.70 bits per heavy atom. The number of hydrogen-bond acceptors (Lipinski definition) is 6. The van der Waals surface area contributed by atoms with E-state index in [9.17, 15) is 9.59 Å². The normalized spacial score (nSPS) is 10.0. The smallest absolute Gasteiger partial charge is 0.357 e. The van der Waals surface area contributed by atoms with Crippen LogP contribution in [0.25, 0.3) is 0 Å². The summed E-state index contributed by atoms with van der Waals surface area (Å²) in [4.78, 5) is 28.4. The van der Waals surface area contributed by atoms with Crippen LogP contribution in [-0.2, 0) is 4.74 Å². The van der Waals surface area contributed by atoms with Gasteiger partial charge in [-0.3, -0.25) is 10.1 Å². The quantitative estimate of drug-likeness (QED) is 0.639. The second kappa shape index (κ2) is 7.49. The molecule has 0 spiro atoms. The SMILES string of the molecule is COC(=O)c1nc(NC(=S)NC(=O)c2ccccc2Cl)sc1C. The number of hydrogen-bond donors (Lipinski definition) is 2. The Morgan fingerprint density at radius 1 is 1.35 bits per heavy atom. The van der Waals surface area contributed by atoms with E-state index in [1.807, 2.05) is 0 Å². The molecule has 0 aliphatic rings. The van der Waals surface area contributed by atoms with Crippen molar-refractivity contribution in [2.24, 2.45) is 0 Å². The summed E-state index contributed by atoms with van der Waals surface area (Å²) in [5.41, 5.74) is 0.518. The highest BCUT2D eigenvalue weighted by Crippen LogP contribution is 2.22. The van der Waals surface area contributed by atoms with Crippen molar-refractivity contribution >= 4 is 57.3 Å². The monoisotopic (exact) mass is 369 g/mol. The number of methoxy groups -OCH3 is 1. The Bertz CT molecular complexity index is 776. The van der Waals surface area contributed by atoms with Gasteiger partial charge in [0.05, 0.1) is 17.7 Å². The number of esters is 1. The number of thiocarbonyl (C=S) groups is 1. The summed E-state index contributed by atoms with van der Waals surface area (Å²) in [5.74, 6) is -0.965. The molecule has 0 fully saturated rings. The van der Waals surface area contributed by atoms with E-state index in [2.05, 4.69) is 20.4 Å². The second-order valence-corrected chi connectivity index (χ2v) is 6.32. The van der Waals surface area contributed by atoms with Gasteiger partial charge in [-0.25, -0.2) is 9.78 Å². The largest absolute Gasteiger partial charge is 0.464 e. The Morgan fingerprint density at radius 2 is 2.04 bits per heavy atom. The number of thiazole rings is 1. The van der Waals surface area contributed by atoms with E-state index in [1.165, 1.54) is 18.4 Å². The molecule has 0 radical (unpaired) electrons. The standard InChI is InChI=1S/C14H12ClN3O3S2/c1-7-10(12(20)21-2)16-14(23-7)18-13(22)17-11(19)8-5-3-4-6-9(8)15/h3-6H,1-2H3,(H2,16,17,18,19,22). The van der Waals surface area contributed by atoms with Gasteiger partial charge >= 0.3 is 5.97 Å². The summed E-state index contributed by atoms with van der Waals surface area (Å²) in [7, 11) is 1.28. The fourth-order valence-electron chi connectivity index (χ4n) is 1.68. The summed E-state index contributed by atoms with van der Waals surface area (Å²) in [6.45, 7) is 1.74. The van der Waals surface area contributed by atoms with Crippen molar-refractivity contribution in [3.63, 3.8) is 0 Å². The van der Waals surface area contributed by atoms with Gasteiger partial charge in [-0.1, -0.05) is 23.7 Å². The van der Waals surface area contributed by atoms with Gasteiger partial charge in [-0.05, 0) is 31.3 Å². The lowest BCUT2D eigenvalue weighted by Crippen LogP contribution is -2.34. The molecule has 0 aliphatic heterocycles. The molecule has 2 aromatic rings. The van der Waals surface area contributed by atoms with Gasteiger partial charge in [0.1, 0.15) is 0 Å². The molecule has 9 heteroatoms. The van der Waals surface area contributed by atoms with E-state index in [1.54, 1.807) is 31.2 Å². The zero-order valence-electron chi connectivity index (χ0n) is 12.2. The van der Waals surface area contributed by atoms with E-state index in [-0.39, 0.29) is 10.8 Å². The Balaban J connectivity index is 2.04. The van der Waals surface area contributed by atoms with Crippen LogP contribution in [0.1, 0.15) is 25.7 Å². The van der Waals surface area contributed by atoms with E-state index in [0.717, 1.165) is 0 Å². The zero-order chi connectivity index (χ0) is 17.0. The maximum atomic E-state index is 12.1. The van der Waals surface area contributed by atoms with Gasteiger partial charge in [0.25, 0.3) is 5.91 Å². The molecule has 2 N–H and O–H groups in total. The molecule has 1 amide bonds. The number of anilines is 1. The number of nitrogens with zero attached hydrogens (tertiary/aromatic N) is 1. The van der Waals surface area contributed by atoms with Gasteiger partial charge in [0.2, 0.25) is 0 Å². The first kappa shape index (κ1) is 17.3. The highest BCUT2D eigenvalue weighted by Gasteiger charge is 2.17. The first-order valence-corrected chi connectivity index (χ1v) is 7.95. The van der Waals surface area contributed by atoms with E-state index in [0.29, 0.717) is 20.6 Å². The predicted molar refractivity (Wildman–Crippen MR) is 93.3 cm³/mol. The zero-order valence-corrected chi connectivity index (χ0v) is 14.6. The van der Waals surface area contributed by atoms with Crippen LogP contribution in [0.3, 0.4) is 0 Å². The average molecular weight is 370 g/mol. The van der Waals surface area contributed by atoms with E-state index < -0.39 is 11.9 Å². The molecule has 0 aliphatic carbocycles. The minimum Gasteiger partial charge on any atom is -0.464 e. The number of amides is 1. The lowest BCUT2D eigenvalue weighted by atomic mass is 10.2. The molecular formula is C14H12ClN3O3S2. The molecule has 1 heterocycles. The summed E-state index contributed by atoms with van der Waals surface area (Å²) in [6.07, 6.45) is 0. The fourth-order valence-corrected chi connectivity index (χ4v) is 2.96. The van der Waals surface area contributed by atoms with Gasteiger partial charge in [-0.15, -0.1) is 11.3 Å². The van der Waals surface area contributed by atoms with Crippen LogP contribution >= 0.6 is 35.2 Å². The Kier molecular flexibility index (Phi) is 5.64. The molecule has 6 nitrogen and oxygen atoms in total. The molecule has 0 atom stereocenters. The van der Waals surface area contributed by atoms with Crippen molar-refractivity contribution in [2.75, 3.05) is 12.4 Å². The van der Waals surface area contributed by atoms with Gasteiger partial charge < -0.3 is 10.1 Å². The van der Waals surface area contributed by atoms with Crippen LogP contribution in [-0.4, -0.2) is 29.1 Å². The van der Waals surface area contributed by atoms with Crippen molar-refractivity contribution in [1.29, 1.82) is 0 Å². The predicted octanol–water partition coefficient (Wildman–Crippen LogP) is 3.02. The van der Waals surface area contributed by atoms with Crippen LogP contribution in [0.15, 0.2) is 24.3 Å². The molecule has 2 rings (SSSR count). The van der Waals surface area contributed by atoms with Crippen LogP contribution in [0.2, 0.25) is 5.02 Å². The lowest BCUT2D eigenvalue weighted by Gasteiger charge is -2.08. The number of aromatic nitrogens is 1. The number of nitrogens with one attached hydrogen (secondary N) is 2. The Labute approximate surface area is 146 Å². The van der Waals surface area contributed by atoms with E-state index >= 15 is 0 Å². The van der Waals surface area contributed by atoms with Crippen molar-refractivity contribution in [1.82, 2.24) is 10.3 Å². The molecule has 1 aromatic heterocycles. The molecule has 23 heavy (non-hydrogen) atoms. The Hall–Kier alpha value is -2.03. The minimum absolute atomic E-state index is 0.0556. The first-order valence-electron chi connectivity index (χ1n) is 6.35. The van der Waals surface area contributed by atoms with Crippen molar-refractivity contribution < 1.29 is 14.3 Å². The number of carbonyl (C=O) groups is 2. The maximum Gasteiger partial charge on any atom is 0.357 e. The lowest BCUT2D eigenvalue weighted by molar-refractivity contribution is 0.0594. The molecule has 120 valence electrons. The number of rotatable bonds is 3. The van der Waals surface area contributed by atoms with Crippen LogP contribution in [0.5, 0.6) is 0 Å².